The summed E-state index contributed by atoms with van der Waals surface area (Å²) >= 11 is 0. The molecule has 1 aliphatic rings. The Balaban J connectivity index is 0.00000210. The Morgan fingerprint density at radius 3 is 2.45 bits per heavy atom. The lowest BCUT2D eigenvalue weighted by Crippen LogP contribution is -2.40. The third-order valence-corrected chi connectivity index (χ3v) is 4.81. The van der Waals surface area contributed by atoms with Gasteiger partial charge in [0.05, 0.1) is 20.3 Å². The number of para-hydroxylation sites is 1. The molecule has 2 aromatic carbocycles. The Kier molecular flexibility index (Phi) is 12.0. The van der Waals surface area contributed by atoms with Gasteiger partial charge in [-0.15, -0.1) is 24.8 Å². The number of hydrogen-bond acceptors (Lipinski definition) is 5. The van der Waals surface area contributed by atoms with Crippen LogP contribution in [0.2, 0.25) is 0 Å². The van der Waals surface area contributed by atoms with Crippen LogP contribution in [0.5, 0.6) is 11.5 Å². The predicted octanol–water partition coefficient (Wildman–Crippen LogP) is 3.85. The molecule has 1 saturated heterocycles. The maximum Gasteiger partial charge on any atom is 0.166 e. The number of benzene rings is 2. The van der Waals surface area contributed by atoms with Crippen molar-refractivity contribution in [3.8, 4) is 11.5 Å². The minimum Gasteiger partial charge on any atom is -0.493 e. The fraction of sp³-hybridized carbons (Fsp3) is 0.455. The van der Waals surface area contributed by atoms with Crippen LogP contribution in [-0.2, 0) is 17.9 Å². The van der Waals surface area contributed by atoms with Gasteiger partial charge in [0, 0.05) is 38.3 Å². The van der Waals surface area contributed by atoms with Crippen molar-refractivity contribution in [1.29, 1.82) is 0 Å². The molecular formula is C22H32Cl2N2O3. The number of morpholine rings is 1. The van der Waals surface area contributed by atoms with E-state index in [-0.39, 0.29) is 24.8 Å². The second-order valence-corrected chi connectivity index (χ2v) is 6.85. The Morgan fingerprint density at radius 1 is 1.03 bits per heavy atom. The van der Waals surface area contributed by atoms with E-state index in [0.717, 1.165) is 68.6 Å². The van der Waals surface area contributed by atoms with Crippen LogP contribution >= 0.6 is 24.8 Å². The van der Waals surface area contributed by atoms with Crippen molar-refractivity contribution in [3.05, 3.63) is 59.2 Å². The van der Waals surface area contributed by atoms with E-state index >= 15 is 0 Å². The first-order valence-electron chi connectivity index (χ1n) is 9.61. The van der Waals surface area contributed by atoms with E-state index in [2.05, 4.69) is 47.5 Å². The zero-order valence-corrected chi connectivity index (χ0v) is 18.8. The number of hydrogen-bond donors (Lipinski definition) is 1. The van der Waals surface area contributed by atoms with Crippen LogP contribution in [0.3, 0.4) is 0 Å². The van der Waals surface area contributed by atoms with Crippen LogP contribution in [-0.4, -0.2) is 51.4 Å². The lowest BCUT2D eigenvalue weighted by atomic mass is 10.1. The van der Waals surface area contributed by atoms with Crippen molar-refractivity contribution in [2.45, 2.75) is 20.1 Å². The van der Waals surface area contributed by atoms with Crippen LogP contribution in [0.1, 0.15) is 16.7 Å². The van der Waals surface area contributed by atoms with Crippen LogP contribution in [0, 0.1) is 6.92 Å². The molecule has 1 heterocycles. The molecule has 0 atom stereocenters. The van der Waals surface area contributed by atoms with Gasteiger partial charge in [-0.1, -0.05) is 42.0 Å². The van der Waals surface area contributed by atoms with Gasteiger partial charge in [0.1, 0.15) is 6.61 Å². The smallest absolute Gasteiger partial charge is 0.166 e. The first-order chi connectivity index (χ1) is 13.3. The van der Waals surface area contributed by atoms with Gasteiger partial charge < -0.3 is 19.5 Å². The number of rotatable bonds is 9. The van der Waals surface area contributed by atoms with Gasteiger partial charge in [0.2, 0.25) is 0 Å². The third-order valence-electron chi connectivity index (χ3n) is 4.81. The van der Waals surface area contributed by atoms with E-state index in [1.807, 2.05) is 12.1 Å². The summed E-state index contributed by atoms with van der Waals surface area (Å²) in [6, 6.07) is 14.5. The normalized spacial score (nSPS) is 13.9. The standard InChI is InChI=1S/C22H30N2O3.2ClH/c1-18-6-8-19(9-7-18)17-27-22-20(4-3-5-21(22)25-2)16-23-10-11-24-12-14-26-15-13-24;;/h3-9,23H,10-17H2,1-2H3;2*1H. The van der Waals surface area contributed by atoms with Gasteiger partial charge in [0.15, 0.2) is 11.5 Å². The van der Waals surface area contributed by atoms with Crippen molar-refractivity contribution >= 4 is 24.8 Å². The molecule has 3 rings (SSSR count). The molecule has 1 N–H and O–H groups in total. The van der Waals surface area contributed by atoms with Crippen molar-refractivity contribution in [2.75, 3.05) is 46.5 Å². The average Bonchev–Trinajstić information content (AvgIpc) is 2.72. The van der Waals surface area contributed by atoms with E-state index < -0.39 is 0 Å². The molecule has 0 bridgehead atoms. The number of aryl methyl sites for hydroxylation is 1. The molecule has 0 radical (unpaired) electrons. The van der Waals surface area contributed by atoms with Crippen molar-refractivity contribution in [1.82, 2.24) is 10.2 Å². The summed E-state index contributed by atoms with van der Waals surface area (Å²) in [5.74, 6) is 1.59. The summed E-state index contributed by atoms with van der Waals surface area (Å²) in [6.07, 6.45) is 0. The topological polar surface area (TPSA) is 43.0 Å². The summed E-state index contributed by atoms with van der Waals surface area (Å²) < 4.78 is 17.1. The molecule has 2 aromatic rings. The average molecular weight is 443 g/mol. The quantitative estimate of drug-likeness (QED) is 0.597. The van der Waals surface area contributed by atoms with Crippen LogP contribution < -0.4 is 14.8 Å². The molecule has 162 valence electrons. The molecule has 0 spiro atoms. The molecule has 29 heavy (non-hydrogen) atoms. The summed E-state index contributed by atoms with van der Waals surface area (Å²) in [7, 11) is 1.68. The number of halogens is 2. The number of nitrogens with zero attached hydrogens (tertiary/aromatic N) is 1. The zero-order valence-electron chi connectivity index (χ0n) is 17.2. The molecule has 0 aromatic heterocycles. The van der Waals surface area contributed by atoms with Gasteiger partial charge >= 0.3 is 0 Å². The molecule has 7 heteroatoms. The first kappa shape index (κ1) is 25.5. The van der Waals surface area contributed by atoms with Gasteiger partial charge in [0.25, 0.3) is 0 Å². The fourth-order valence-corrected chi connectivity index (χ4v) is 3.15. The second-order valence-electron chi connectivity index (χ2n) is 6.85. The van der Waals surface area contributed by atoms with Crippen molar-refractivity contribution in [2.24, 2.45) is 0 Å². The van der Waals surface area contributed by atoms with Crippen LogP contribution in [0.25, 0.3) is 0 Å². The summed E-state index contributed by atoms with van der Waals surface area (Å²) in [6.45, 7) is 9.07. The zero-order chi connectivity index (χ0) is 18.9. The van der Waals surface area contributed by atoms with Crippen molar-refractivity contribution in [3.63, 3.8) is 0 Å². The lowest BCUT2D eigenvalue weighted by molar-refractivity contribution is 0.0384. The maximum absolute atomic E-state index is 6.14. The molecule has 0 saturated carbocycles. The second kappa shape index (κ2) is 13.7. The molecule has 1 aliphatic heterocycles. The molecule has 0 aliphatic carbocycles. The van der Waals surface area contributed by atoms with E-state index in [0.29, 0.717) is 6.61 Å². The number of ether oxygens (including phenoxy) is 3. The predicted molar refractivity (Wildman–Crippen MR) is 122 cm³/mol. The summed E-state index contributed by atoms with van der Waals surface area (Å²) in [5, 5.41) is 3.53. The highest BCUT2D eigenvalue weighted by Gasteiger charge is 2.12. The van der Waals surface area contributed by atoms with E-state index in [1.165, 1.54) is 5.56 Å². The Hall–Kier alpha value is -1.50. The lowest BCUT2D eigenvalue weighted by Gasteiger charge is -2.26. The monoisotopic (exact) mass is 442 g/mol. The Labute approximate surface area is 186 Å². The van der Waals surface area contributed by atoms with E-state index in [4.69, 9.17) is 14.2 Å². The Bertz CT molecular complexity index is 708. The molecule has 0 unspecified atom stereocenters. The highest BCUT2D eigenvalue weighted by Crippen LogP contribution is 2.31. The largest absolute Gasteiger partial charge is 0.493 e. The van der Waals surface area contributed by atoms with Gasteiger partial charge in [-0.25, -0.2) is 0 Å². The SMILES string of the molecule is COc1cccc(CNCCN2CCOCC2)c1OCc1ccc(C)cc1.Cl.Cl. The van der Waals surface area contributed by atoms with Gasteiger partial charge in [-0.3, -0.25) is 4.90 Å². The van der Waals surface area contributed by atoms with Crippen LogP contribution in [0.4, 0.5) is 0 Å². The summed E-state index contributed by atoms with van der Waals surface area (Å²) in [5.41, 5.74) is 3.52. The fourth-order valence-electron chi connectivity index (χ4n) is 3.15. The van der Waals surface area contributed by atoms with Crippen LogP contribution in [0.15, 0.2) is 42.5 Å². The van der Waals surface area contributed by atoms with Gasteiger partial charge in [-0.2, -0.15) is 0 Å². The minimum atomic E-state index is 0. The maximum atomic E-state index is 6.14. The first-order valence-corrected chi connectivity index (χ1v) is 9.61. The van der Waals surface area contributed by atoms with Crippen molar-refractivity contribution < 1.29 is 14.2 Å². The summed E-state index contributed by atoms with van der Waals surface area (Å²) in [4.78, 5) is 2.43. The molecular weight excluding hydrogens is 411 g/mol. The molecule has 1 fully saturated rings. The number of nitrogens with one attached hydrogen (secondary N) is 1. The highest BCUT2D eigenvalue weighted by atomic mass is 35.5. The highest BCUT2D eigenvalue weighted by molar-refractivity contribution is 5.85. The molecule has 0 amide bonds. The van der Waals surface area contributed by atoms with Gasteiger partial charge in [-0.05, 0) is 18.6 Å². The Morgan fingerprint density at radius 2 is 1.76 bits per heavy atom. The molecule has 5 nitrogen and oxygen atoms in total. The number of methoxy groups -OCH3 is 1. The third kappa shape index (κ3) is 8.03. The van der Waals surface area contributed by atoms with E-state index in [1.54, 1.807) is 7.11 Å². The minimum absolute atomic E-state index is 0. The van der Waals surface area contributed by atoms with E-state index in [9.17, 15) is 0 Å².